The molecule has 0 aromatic heterocycles. The van der Waals surface area contributed by atoms with Gasteiger partial charge in [-0.25, -0.2) is 0 Å². The smallest absolute Gasteiger partial charge is 0.256 e. The van der Waals surface area contributed by atoms with Gasteiger partial charge in [-0.15, -0.1) is 0 Å². The number of likely N-dealkylation sites (tertiary alicyclic amines) is 1. The van der Waals surface area contributed by atoms with E-state index in [1.54, 1.807) is 54.6 Å². The number of nitrogens with one attached hydrogen (secondary N) is 1. The molecule has 162 valence electrons. The van der Waals surface area contributed by atoms with E-state index in [2.05, 4.69) is 21.2 Å². The molecule has 0 aliphatic carbocycles. The average Bonchev–Trinajstić information content (AvgIpc) is 2.81. The zero-order chi connectivity index (χ0) is 22.5. The van der Waals surface area contributed by atoms with E-state index in [4.69, 9.17) is 0 Å². The summed E-state index contributed by atoms with van der Waals surface area (Å²) in [6.45, 7) is 1.29. The minimum absolute atomic E-state index is 0.172. The van der Waals surface area contributed by atoms with Crippen molar-refractivity contribution in [2.24, 2.45) is 0 Å². The van der Waals surface area contributed by atoms with Crippen LogP contribution in [0.2, 0.25) is 0 Å². The normalized spacial score (nSPS) is 13.7. The second kappa shape index (κ2) is 9.92. The van der Waals surface area contributed by atoms with Crippen molar-refractivity contribution in [3.63, 3.8) is 0 Å². The summed E-state index contributed by atoms with van der Waals surface area (Å²) in [6, 6.07) is 21.3. The van der Waals surface area contributed by atoms with Crippen LogP contribution in [0, 0.1) is 0 Å². The summed E-state index contributed by atoms with van der Waals surface area (Å²) in [6.07, 6.45) is 2.56. The molecule has 32 heavy (non-hydrogen) atoms. The van der Waals surface area contributed by atoms with Crippen LogP contribution in [0.25, 0.3) is 0 Å². The van der Waals surface area contributed by atoms with E-state index in [1.165, 1.54) is 0 Å². The van der Waals surface area contributed by atoms with Crippen LogP contribution in [0.4, 0.5) is 5.69 Å². The first-order valence-electron chi connectivity index (χ1n) is 10.6. The van der Waals surface area contributed by atoms with Gasteiger partial charge < -0.3 is 10.2 Å². The maximum Gasteiger partial charge on any atom is 0.256 e. The average molecular weight is 491 g/mol. The van der Waals surface area contributed by atoms with Crippen molar-refractivity contribution >= 4 is 39.2 Å². The van der Waals surface area contributed by atoms with Gasteiger partial charge in [-0.05, 0) is 60.9 Å². The van der Waals surface area contributed by atoms with E-state index in [0.29, 0.717) is 35.3 Å². The van der Waals surface area contributed by atoms with Crippen LogP contribution >= 0.6 is 15.9 Å². The van der Waals surface area contributed by atoms with Gasteiger partial charge in [0.25, 0.3) is 5.91 Å². The molecule has 6 heteroatoms. The number of amides is 2. The number of hydrogen-bond acceptors (Lipinski definition) is 3. The van der Waals surface area contributed by atoms with Crippen LogP contribution in [0.15, 0.2) is 77.3 Å². The van der Waals surface area contributed by atoms with Gasteiger partial charge >= 0.3 is 0 Å². The largest absolute Gasteiger partial charge is 0.338 e. The van der Waals surface area contributed by atoms with Crippen LogP contribution in [0.1, 0.15) is 51.1 Å². The number of benzene rings is 3. The zero-order valence-electron chi connectivity index (χ0n) is 17.5. The molecule has 1 N–H and O–H groups in total. The van der Waals surface area contributed by atoms with E-state index in [0.717, 1.165) is 29.4 Å². The molecule has 5 nitrogen and oxygen atoms in total. The van der Waals surface area contributed by atoms with Crippen molar-refractivity contribution in [2.45, 2.75) is 25.8 Å². The standard InChI is InChI=1S/C26H23BrN2O3/c27-20-13-11-19(12-14-20)25(31)22-8-1-2-9-23(22)26(32)28-21-7-5-6-18(16-21)17-29-15-4-3-10-24(29)30/h1-2,5-9,11-14,16H,3-4,10,15,17H2,(H,28,32). The third-order valence-electron chi connectivity index (χ3n) is 5.50. The van der Waals surface area contributed by atoms with E-state index in [1.807, 2.05) is 23.1 Å². The molecule has 0 atom stereocenters. The highest BCUT2D eigenvalue weighted by Crippen LogP contribution is 2.20. The number of hydrogen-bond donors (Lipinski definition) is 1. The molecule has 1 aliphatic heterocycles. The van der Waals surface area contributed by atoms with Crippen molar-refractivity contribution in [1.29, 1.82) is 0 Å². The number of nitrogens with zero attached hydrogens (tertiary/aromatic N) is 1. The molecule has 1 saturated heterocycles. The quantitative estimate of drug-likeness (QED) is 0.467. The Morgan fingerprint density at radius 1 is 0.906 bits per heavy atom. The molecular weight excluding hydrogens is 468 g/mol. The summed E-state index contributed by atoms with van der Waals surface area (Å²) in [5.74, 6) is -0.385. The molecule has 0 radical (unpaired) electrons. The van der Waals surface area contributed by atoms with Crippen molar-refractivity contribution < 1.29 is 14.4 Å². The highest BCUT2D eigenvalue weighted by molar-refractivity contribution is 9.10. The van der Waals surface area contributed by atoms with Crippen LogP contribution in [-0.2, 0) is 11.3 Å². The number of carbonyl (C=O) groups is 3. The fraction of sp³-hybridized carbons (Fsp3) is 0.192. The number of carbonyl (C=O) groups excluding carboxylic acids is 3. The summed E-state index contributed by atoms with van der Waals surface area (Å²) in [5.41, 5.74) is 2.76. The molecule has 0 saturated carbocycles. The maximum absolute atomic E-state index is 13.0. The van der Waals surface area contributed by atoms with Crippen molar-refractivity contribution in [2.75, 3.05) is 11.9 Å². The molecule has 2 amide bonds. The summed E-state index contributed by atoms with van der Waals surface area (Å²) in [7, 11) is 0. The highest BCUT2D eigenvalue weighted by Gasteiger charge is 2.20. The van der Waals surface area contributed by atoms with Gasteiger partial charge in [0.15, 0.2) is 5.78 Å². The van der Waals surface area contributed by atoms with E-state index in [-0.39, 0.29) is 17.6 Å². The van der Waals surface area contributed by atoms with Crippen molar-refractivity contribution in [3.8, 4) is 0 Å². The second-order valence-corrected chi connectivity index (χ2v) is 8.72. The van der Waals surface area contributed by atoms with Gasteiger partial charge in [-0.1, -0.05) is 46.3 Å². The molecular formula is C26H23BrN2O3. The Hall–Kier alpha value is -3.25. The SMILES string of the molecule is O=C(Nc1cccc(CN2CCCCC2=O)c1)c1ccccc1C(=O)c1ccc(Br)cc1. The Bertz CT molecular complexity index is 1160. The molecule has 0 unspecified atom stereocenters. The van der Waals surface area contributed by atoms with Gasteiger partial charge in [0.2, 0.25) is 5.91 Å². The van der Waals surface area contributed by atoms with Crippen molar-refractivity contribution in [1.82, 2.24) is 4.90 Å². The summed E-state index contributed by atoms with van der Waals surface area (Å²) < 4.78 is 0.881. The van der Waals surface area contributed by atoms with Crippen LogP contribution < -0.4 is 5.32 Å². The molecule has 3 aromatic carbocycles. The van der Waals surface area contributed by atoms with Crippen LogP contribution in [0.5, 0.6) is 0 Å². The Morgan fingerprint density at radius 3 is 2.41 bits per heavy atom. The van der Waals surface area contributed by atoms with Crippen LogP contribution in [0.3, 0.4) is 0 Å². The van der Waals surface area contributed by atoms with Gasteiger partial charge in [-0.3, -0.25) is 14.4 Å². The summed E-state index contributed by atoms with van der Waals surface area (Å²) in [5, 5.41) is 2.90. The lowest BCUT2D eigenvalue weighted by Gasteiger charge is -2.26. The molecule has 0 bridgehead atoms. The van der Waals surface area contributed by atoms with E-state index < -0.39 is 0 Å². The zero-order valence-corrected chi connectivity index (χ0v) is 19.1. The van der Waals surface area contributed by atoms with Gasteiger partial charge in [-0.2, -0.15) is 0 Å². The number of halogens is 1. The lowest BCUT2D eigenvalue weighted by atomic mass is 9.98. The van der Waals surface area contributed by atoms with Gasteiger partial charge in [0.05, 0.1) is 5.56 Å². The van der Waals surface area contributed by atoms with Crippen LogP contribution in [-0.4, -0.2) is 29.0 Å². The summed E-state index contributed by atoms with van der Waals surface area (Å²) in [4.78, 5) is 40.0. The second-order valence-electron chi connectivity index (χ2n) is 7.81. The predicted molar refractivity (Wildman–Crippen MR) is 128 cm³/mol. The Balaban J connectivity index is 1.52. The third kappa shape index (κ3) is 5.14. The topological polar surface area (TPSA) is 66.5 Å². The van der Waals surface area contributed by atoms with Gasteiger partial charge in [0, 0.05) is 40.8 Å². The molecule has 4 rings (SSSR count). The Labute approximate surface area is 195 Å². The minimum Gasteiger partial charge on any atom is -0.338 e. The van der Waals surface area contributed by atoms with Gasteiger partial charge in [0.1, 0.15) is 0 Å². The molecule has 3 aromatic rings. The third-order valence-corrected chi connectivity index (χ3v) is 6.03. The molecule has 1 fully saturated rings. The first-order valence-corrected chi connectivity index (χ1v) is 11.4. The highest BCUT2D eigenvalue weighted by atomic mass is 79.9. The molecule has 1 heterocycles. The maximum atomic E-state index is 13.0. The number of piperidine rings is 1. The first kappa shape index (κ1) is 22.0. The minimum atomic E-state index is -0.350. The number of ketones is 1. The van der Waals surface area contributed by atoms with Crippen molar-refractivity contribution in [3.05, 3.63) is 99.5 Å². The number of rotatable bonds is 6. The monoisotopic (exact) mass is 490 g/mol. The fourth-order valence-electron chi connectivity index (χ4n) is 3.83. The summed E-state index contributed by atoms with van der Waals surface area (Å²) >= 11 is 3.37. The Kier molecular flexibility index (Phi) is 6.81. The predicted octanol–water partition coefficient (Wildman–Crippen LogP) is 5.44. The van der Waals surface area contributed by atoms with E-state index >= 15 is 0 Å². The lowest BCUT2D eigenvalue weighted by molar-refractivity contribution is -0.133. The molecule has 1 aliphatic rings. The lowest BCUT2D eigenvalue weighted by Crippen LogP contribution is -2.34. The number of anilines is 1. The molecule has 0 spiro atoms. The fourth-order valence-corrected chi connectivity index (χ4v) is 4.10. The van der Waals surface area contributed by atoms with E-state index in [9.17, 15) is 14.4 Å². The first-order chi connectivity index (χ1) is 15.5. The Morgan fingerprint density at radius 2 is 1.66 bits per heavy atom.